The highest BCUT2D eigenvalue weighted by Gasteiger charge is 2.45. The van der Waals surface area contributed by atoms with Crippen LogP contribution in [-0.2, 0) is 4.74 Å². The molecule has 1 spiro atoms. The number of carbonyl (C=O) groups excluding carboxylic acids is 1. The monoisotopic (exact) mass is 330 g/mol. The van der Waals surface area contributed by atoms with Crippen molar-refractivity contribution >= 4 is 5.91 Å². The molecule has 2 atom stereocenters. The maximum atomic E-state index is 12.7. The van der Waals surface area contributed by atoms with Gasteiger partial charge in [0.1, 0.15) is 5.69 Å². The van der Waals surface area contributed by atoms with Gasteiger partial charge < -0.3 is 14.5 Å². The third-order valence-electron chi connectivity index (χ3n) is 5.61. The quantitative estimate of drug-likeness (QED) is 0.842. The fraction of sp³-hybridized carbons (Fsp3) is 0.722. The summed E-state index contributed by atoms with van der Waals surface area (Å²) in [7, 11) is 0. The number of hydrogen-bond donors (Lipinski definition) is 0. The van der Waals surface area contributed by atoms with Gasteiger partial charge in [0.2, 0.25) is 0 Å². The first-order valence-corrected chi connectivity index (χ1v) is 9.16. The second kappa shape index (κ2) is 6.76. The van der Waals surface area contributed by atoms with Crippen molar-refractivity contribution in [1.29, 1.82) is 0 Å². The molecule has 1 aromatic heterocycles. The highest BCUT2D eigenvalue weighted by atomic mass is 16.5. The topological polar surface area (TPSA) is 58.6 Å². The van der Waals surface area contributed by atoms with E-state index in [9.17, 15) is 4.79 Å². The summed E-state index contributed by atoms with van der Waals surface area (Å²) in [6.45, 7) is 5.95. The Morgan fingerprint density at radius 1 is 1.25 bits per heavy atom. The number of ether oxygens (including phenoxy) is 1. The Balaban J connectivity index is 1.38. The Bertz CT molecular complexity index is 576. The average Bonchev–Trinajstić information content (AvgIpc) is 3.26. The van der Waals surface area contributed by atoms with Gasteiger partial charge >= 0.3 is 0 Å². The van der Waals surface area contributed by atoms with Crippen LogP contribution in [-0.4, -0.2) is 70.6 Å². The lowest BCUT2D eigenvalue weighted by Crippen LogP contribution is -2.50. The third kappa shape index (κ3) is 3.30. The molecule has 4 rings (SSSR count). The van der Waals surface area contributed by atoms with Gasteiger partial charge in [-0.1, -0.05) is 0 Å². The zero-order valence-corrected chi connectivity index (χ0v) is 14.2. The molecule has 0 aliphatic carbocycles. The summed E-state index contributed by atoms with van der Waals surface area (Å²) in [5, 5.41) is 0. The second-order valence-corrected chi connectivity index (χ2v) is 7.49. The molecule has 0 aromatic carbocycles. The van der Waals surface area contributed by atoms with E-state index < -0.39 is 0 Å². The van der Waals surface area contributed by atoms with Crippen molar-refractivity contribution in [3.63, 3.8) is 0 Å². The third-order valence-corrected chi connectivity index (χ3v) is 5.61. The van der Waals surface area contributed by atoms with Crippen LogP contribution in [0.2, 0.25) is 0 Å². The van der Waals surface area contributed by atoms with E-state index in [-0.39, 0.29) is 11.5 Å². The van der Waals surface area contributed by atoms with Gasteiger partial charge in [-0.05, 0) is 51.1 Å². The number of likely N-dealkylation sites (tertiary alicyclic amines) is 2. The van der Waals surface area contributed by atoms with Crippen molar-refractivity contribution in [2.45, 2.75) is 37.7 Å². The van der Waals surface area contributed by atoms with Gasteiger partial charge in [-0.2, -0.15) is 0 Å². The molecule has 4 heterocycles. The summed E-state index contributed by atoms with van der Waals surface area (Å²) in [6, 6.07) is 0. The molecule has 1 amide bonds. The molecule has 1 aromatic rings. The van der Waals surface area contributed by atoms with Gasteiger partial charge in [0.15, 0.2) is 0 Å². The Morgan fingerprint density at radius 2 is 2.12 bits per heavy atom. The molecule has 130 valence electrons. The Hall–Kier alpha value is -1.53. The Labute approximate surface area is 143 Å². The molecule has 3 aliphatic heterocycles. The Morgan fingerprint density at radius 3 is 2.92 bits per heavy atom. The van der Waals surface area contributed by atoms with Crippen molar-refractivity contribution in [2.24, 2.45) is 5.92 Å². The van der Waals surface area contributed by atoms with Crippen LogP contribution >= 0.6 is 0 Å². The SMILES string of the molecule is O=C(c1cnccn1)N1CCCC2(CC(CN3CCCC3)CO2)C1. The number of rotatable bonds is 3. The van der Waals surface area contributed by atoms with Crippen LogP contribution in [0, 0.1) is 5.92 Å². The van der Waals surface area contributed by atoms with Crippen molar-refractivity contribution in [1.82, 2.24) is 19.8 Å². The molecule has 2 unspecified atom stereocenters. The molecule has 3 aliphatic rings. The second-order valence-electron chi connectivity index (χ2n) is 7.49. The van der Waals surface area contributed by atoms with Crippen molar-refractivity contribution in [3.8, 4) is 0 Å². The molecule has 24 heavy (non-hydrogen) atoms. The standard InChI is InChI=1S/C18H26N4O2/c23-17(16-11-19-5-6-20-16)22-9-3-4-18(14-22)10-15(13-24-18)12-21-7-1-2-8-21/h5-6,11,15H,1-4,7-10,12-14H2. The van der Waals surface area contributed by atoms with E-state index in [0.717, 1.165) is 39.0 Å². The molecule has 3 saturated heterocycles. The molecular formula is C18H26N4O2. The average molecular weight is 330 g/mol. The van der Waals surface area contributed by atoms with Crippen LogP contribution in [0.4, 0.5) is 0 Å². The van der Waals surface area contributed by atoms with E-state index in [0.29, 0.717) is 18.2 Å². The minimum Gasteiger partial charge on any atom is -0.373 e. The van der Waals surface area contributed by atoms with Crippen molar-refractivity contribution < 1.29 is 9.53 Å². The molecule has 0 N–H and O–H groups in total. The molecule has 0 saturated carbocycles. The number of amides is 1. The zero-order valence-electron chi connectivity index (χ0n) is 14.2. The van der Waals surface area contributed by atoms with Gasteiger partial charge in [0.25, 0.3) is 5.91 Å². The number of aromatic nitrogens is 2. The van der Waals surface area contributed by atoms with Crippen molar-refractivity contribution in [3.05, 3.63) is 24.3 Å². The van der Waals surface area contributed by atoms with Crippen LogP contribution in [0.15, 0.2) is 18.6 Å². The van der Waals surface area contributed by atoms with Crippen LogP contribution in [0.3, 0.4) is 0 Å². The maximum absolute atomic E-state index is 12.7. The van der Waals surface area contributed by atoms with Gasteiger partial charge in [-0.15, -0.1) is 0 Å². The first-order chi connectivity index (χ1) is 11.7. The summed E-state index contributed by atoms with van der Waals surface area (Å²) in [6.07, 6.45) is 10.5. The van der Waals surface area contributed by atoms with E-state index in [1.807, 2.05) is 4.90 Å². The first kappa shape index (κ1) is 16.0. The zero-order chi connectivity index (χ0) is 16.4. The van der Waals surface area contributed by atoms with E-state index in [1.165, 1.54) is 25.9 Å². The minimum atomic E-state index is -0.138. The number of carbonyl (C=O) groups is 1. The lowest BCUT2D eigenvalue weighted by atomic mass is 9.86. The minimum absolute atomic E-state index is 0.0197. The van der Waals surface area contributed by atoms with Gasteiger partial charge in [0.05, 0.1) is 24.9 Å². The lowest BCUT2D eigenvalue weighted by molar-refractivity contribution is -0.0451. The van der Waals surface area contributed by atoms with Crippen LogP contribution < -0.4 is 0 Å². The largest absolute Gasteiger partial charge is 0.373 e. The summed E-state index contributed by atoms with van der Waals surface area (Å²) in [5.74, 6) is 0.587. The highest BCUT2D eigenvalue weighted by Crippen LogP contribution is 2.38. The Kier molecular flexibility index (Phi) is 4.50. The number of piperidine rings is 1. The molecule has 6 heteroatoms. The van der Waals surface area contributed by atoms with E-state index >= 15 is 0 Å². The summed E-state index contributed by atoms with van der Waals surface area (Å²) in [4.78, 5) is 25.3. The summed E-state index contributed by atoms with van der Waals surface area (Å²) < 4.78 is 6.26. The summed E-state index contributed by atoms with van der Waals surface area (Å²) in [5.41, 5.74) is 0.293. The molecular weight excluding hydrogens is 304 g/mol. The van der Waals surface area contributed by atoms with E-state index in [4.69, 9.17) is 4.74 Å². The van der Waals surface area contributed by atoms with Gasteiger partial charge in [-0.25, -0.2) is 4.98 Å². The fourth-order valence-corrected chi connectivity index (χ4v) is 4.51. The summed E-state index contributed by atoms with van der Waals surface area (Å²) >= 11 is 0. The van der Waals surface area contributed by atoms with Crippen LogP contribution in [0.5, 0.6) is 0 Å². The maximum Gasteiger partial charge on any atom is 0.274 e. The van der Waals surface area contributed by atoms with Crippen molar-refractivity contribution in [2.75, 3.05) is 39.3 Å². The van der Waals surface area contributed by atoms with E-state index in [2.05, 4.69) is 14.9 Å². The van der Waals surface area contributed by atoms with Crippen LogP contribution in [0.1, 0.15) is 42.6 Å². The molecule has 0 bridgehead atoms. The van der Waals surface area contributed by atoms with Gasteiger partial charge in [0, 0.05) is 25.5 Å². The molecule has 6 nitrogen and oxygen atoms in total. The molecule has 3 fully saturated rings. The first-order valence-electron chi connectivity index (χ1n) is 9.16. The molecule has 0 radical (unpaired) electrons. The lowest BCUT2D eigenvalue weighted by Gasteiger charge is -2.39. The van der Waals surface area contributed by atoms with Gasteiger partial charge in [-0.3, -0.25) is 9.78 Å². The fourth-order valence-electron chi connectivity index (χ4n) is 4.51. The van der Waals surface area contributed by atoms with E-state index in [1.54, 1.807) is 18.6 Å². The predicted octanol–water partition coefficient (Wildman–Crippen LogP) is 1.58. The van der Waals surface area contributed by atoms with Crippen LogP contribution in [0.25, 0.3) is 0 Å². The number of nitrogens with zero attached hydrogens (tertiary/aromatic N) is 4. The highest BCUT2D eigenvalue weighted by molar-refractivity contribution is 5.92. The normalized spacial score (nSPS) is 31.0. The smallest absolute Gasteiger partial charge is 0.274 e. The predicted molar refractivity (Wildman–Crippen MR) is 89.6 cm³/mol. The number of hydrogen-bond acceptors (Lipinski definition) is 5.